The van der Waals surface area contributed by atoms with Gasteiger partial charge in [-0.1, -0.05) is 46.1 Å². The second-order valence-electron chi connectivity index (χ2n) is 6.78. The third-order valence-corrected chi connectivity index (χ3v) is 5.43. The number of halogens is 1. The molecule has 7 heteroatoms. The molecule has 0 bridgehead atoms. The van der Waals surface area contributed by atoms with Crippen molar-refractivity contribution in [1.82, 2.24) is 20.8 Å². The summed E-state index contributed by atoms with van der Waals surface area (Å²) in [6.45, 7) is 5.92. The Bertz CT molecular complexity index is 735. The van der Waals surface area contributed by atoms with Gasteiger partial charge in [0.05, 0.1) is 0 Å². The van der Waals surface area contributed by atoms with Crippen LogP contribution < -0.4 is 10.6 Å². The molecule has 0 atom stereocenters. The Morgan fingerprint density at radius 1 is 1.23 bits per heavy atom. The van der Waals surface area contributed by atoms with Crippen molar-refractivity contribution in [3.05, 3.63) is 46.0 Å². The van der Waals surface area contributed by atoms with E-state index in [1.165, 1.54) is 31.2 Å². The van der Waals surface area contributed by atoms with Crippen LogP contribution in [0, 0.1) is 6.92 Å². The lowest BCUT2D eigenvalue weighted by Gasteiger charge is -2.31. The summed E-state index contributed by atoms with van der Waals surface area (Å²) in [5.41, 5.74) is 1.56. The Morgan fingerprint density at radius 3 is 2.58 bits per heavy atom. The Balaban J connectivity index is 1.70. The molecule has 1 aromatic heterocycles. The van der Waals surface area contributed by atoms with Crippen LogP contribution in [0.5, 0.6) is 0 Å². The van der Waals surface area contributed by atoms with Gasteiger partial charge in [0.1, 0.15) is 6.54 Å². The minimum absolute atomic E-state index is 0.165. The molecule has 1 heterocycles. The maximum absolute atomic E-state index is 5.14. The fourth-order valence-electron chi connectivity index (χ4n) is 3.57. The number of rotatable bonds is 6. The maximum atomic E-state index is 5.14. The average Bonchev–Trinajstić information content (AvgIpc) is 3.28. The van der Waals surface area contributed by atoms with Gasteiger partial charge < -0.3 is 15.2 Å². The van der Waals surface area contributed by atoms with E-state index in [0.29, 0.717) is 18.3 Å². The predicted molar refractivity (Wildman–Crippen MR) is 106 cm³/mol. The summed E-state index contributed by atoms with van der Waals surface area (Å²) in [4.78, 5) is 8.79. The largest absolute Gasteiger partial charge is 0.357 e. The maximum Gasteiger partial charge on any atom is 0.248 e. The van der Waals surface area contributed by atoms with E-state index in [0.717, 1.165) is 23.5 Å². The number of nitrogens with zero attached hydrogens (tertiary/aromatic N) is 3. The van der Waals surface area contributed by atoms with Crippen molar-refractivity contribution in [3.63, 3.8) is 0 Å². The molecule has 1 saturated carbocycles. The number of hydrogen-bond donors (Lipinski definition) is 2. The van der Waals surface area contributed by atoms with Crippen molar-refractivity contribution < 1.29 is 4.52 Å². The number of aryl methyl sites for hydroxylation is 1. The molecular formula is C19H26BrN5O. The smallest absolute Gasteiger partial charge is 0.248 e. The average molecular weight is 420 g/mol. The number of hydrogen-bond acceptors (Lipinski definition) is 4. The van der Waals surface area contributed by atoms with Gasteiger partial charge in [0.15, 0.2) is 11.8 Å². The van der Waals surface area contributed by atoms with E-state index >= 15 is 0 Å². The van der Waals surface area contributed by atoms with Crippen LogP contribution in [0.2, 0.25) is 0 Å². The first-order valence-electron chi connectivity index (χ1n) is 9.19. The quantitative estimate of drug-likeness (QED) is 0.551. The van der Waals surface area contributed by atoms with E-state index in [2.05, 4.69) is 72.9 Å². The van der Waals surface area contributed by atoms with Gasteiger partial charge in [-0.05, 0) is 44.4 Å². The van der Waals surface area contributed by atoms with Crippen LogP contribution in [0.3, 0.4) is 0 Å². The topological polar surface area (TPSA) is 75.3 Å². The van der Waals surface area contributed by atoms with E-state index in [-0.39, 0.29) is 5.41 Å². The normalized spacial score (nSPS) is 16.7. The highest BCUT2D eigenvalue weighted by Gasteiger charge is 2.35. The lowest BCUT2D eigenvalue weighted by atomic mass is 9.79. The molecule has 0 saturated heterocycles. The van der Waals surface area contributed by atoms with Crippen molar-refractivity contribution >= 4 is 21.9 Å². The van der Waals surface area contributed by atoms with Crippen LogP contribution in [0.4, 0.5) is 0 Å². The van der Waals surface area contributed by atoms with Gasteiger partial charge in [0, 0.05) is 23.0 Å². The second-order valence-corrected chi connectivity index (χ2v) is 7.69. The zero-order chi connectivity index (χ0) is 18.4. The lowest BCUT2D eigenvalue weighted by Crippen LogP contribution is -2.44. The third-order valence-electron chi connectivity index (χ3n) is 4.90. The third kappa shape index (κ3) is 4.63. The monoisotopic (exact) mass is 419 g/mol. The first-order chi connectivity index (χ1) is 12.6. The highest BCUT2D eigenvalue weighted by atomic mass is 79.9. The molecule has 1 aromatic carbocycles. The van der Waals surface area contributed by atoms with E-state index < -0.39 is 0 Å². The van der Waals surface area contributed by atoms with Crippen LogP contribution in [0.25, 0.3) is 0 Å². The van der Waals surface area contributed by atoms with Gasteiger partial charge in [0.25, 0.3) is 0 Å². The summed E-state index contributed by atoms with van der Waals surface area (Å²) in [6, 6.07) is 8.74. The Labute approximate surface area is 163 Å². The second kappa shape index (κ2) is 8.66. The fraction of sp³-hybridized carbons (Fsp3) is 0.526. The minimum atomic E-state index is 0.165. The van der Waals surface area contributed by atoms with Crippen LogP contribution in [-0.2, 0) is 12.0 Å². The summed E-state index contributed by atoms with van der Waals surface area (Å²) < 4.78 is 6.26. The molecule has 0 amide bonds. The van der Waals surface area contributed by atoms with Gasteiger partial charge >= 0.3 is 0 Å². The van der Waals surface area contributed by atoms with E-state index in [1.54, 1.807) is 0 Å². The van der Waals surface area contributed by atoms with Gasteiger partial charge in [-0.2, -0.15) is 4.98 Å². The number of benzene rings is 1. The van der Waals surface area contributed by atoms with Gasteiger partial charge in [-0.25, -0.2) is 4.99 Å². The van der Waals surface area contributed by atoms with Crippen LogP contribution >= 0.6 is 15.9 Å². The lowest BCUT2D eigenvalue weighted by molar-refractivity contribution is 0.376. The van der Waals surface area contributed by atoms with Crippen LogP contribution in [0.15, 0.2) is 38.3 Å². The molecule has 2 N–H and O–H groups in total. The molecule has 2 aromatic rings. The standard InChI is InChI=1S/C19H26BrN5O/c1-3-21-18(22-12-17-24-14(2)25-26-17)23-13-19(10-4-5-11-19)15-6-8-16(20)9-7-15/h6-9H,3-5,10-13H2,1-2H3,(H2,21,22,23). The molecule has 6 nitrogen and oxygen atoms in total. The highest BCUT2D eigenvalue weighted by molar-refractivity contribution is 9.10. The van der Waals surface area contributed by atoms with E-state index in [4.69, 9.17) is 4.52 Å². The van der Waals surface area contributed by atoms with Crippen LogP contribution in [0.1, 0.15) is 49.9 Å². The van der Waals surface area contributed by atoms with Crippen molar-refractivity contribution in [3.8, 4) is 0 Å². The predicted octanol–water partition coefficient (Wildman–Crippen LogP) is 3.71. The van der Waals surface area contributed by atoms with E-state index in [1.807, 2.05) is 6.92 Å². The Hall–Kier alpha value is -1.89. The molecule has 3 rings (SSSR count). The first kappa shape index (κ1) is 18.9. The zero-order valence-corrected chi connectivity index (χ0v) is 17.0. The minimum Gasteiger partial charge on any atom is -0.357 e. The van der Waals surface area contributed by atoms with Gasteiger partial charge in [-0.3, -0.25) is 0 Å². The molecule has 1 aliphatic rings. The van der Waals surface area contributed by atoms with Gasteiger partial charge in [-0.15, -0.1) is 0 Å². The summed E-state index contributed by atoms with van der Waals surface area (Å²) >= 11 is 3.53. The van der Waals surface area contributed by atoms with Crippen molar-refractivity contribution in [2.75, 3.05) is 13.1 Å². The number of aliphatic imine (C=N–C) groups is 1. The van der Waals surface area contributed by atoms with E-state index in [9.17, 15) is 0 Å². The Morgan fingerprint density at radius 2 is 1.96 bits per heavy atom. The number of nitrogens with one attached hydrogen (secondary N) is 2. The molecule has 0 aliphatic heterocycles. The van der Waals surface area contributed by atoms with Crippen LogP contribution in [-0.4, -0.2) is 29.2 Å². The summed E-state index contributed by atoms with van der Waals surface area (Å²) in [5, 5.41) is 10.6. The van der Waals surface area contributed by atoms with Crippen molar-refractivity contribution in [1.29, 1.82) is 0 Å². The molecule has 0 unspecified atom stereocenters. The molecular weight excluding hydrogens is 394 g/mol. The summed E-state index contributed by atoms with van der Waals surface area (Å²) in [7, 11) is 0. The first-order valence-corrected chi connectivity index (χ1v) is 9.98. The summed E-state index contributed by atoms with van der Waals surface area (Å²) in [6.07, 6.45) is 4.94. The number of aromatic nitrogens is 2. The SMILES string of the molecule is CCNC(=NCc1nc(C)no1)NCC1(c2ccc(Br)cc2)CCCC1. The van der Waals surface area contributed by atoms with Gasteiger partial charge in [0.2, 0.25) is 5.89 Å². The Kier molecular flexibility index (Phi) is 6.29. The van der Waals surface area contributed by atoms with Crippen molar-refractivity contribution in [2.24, 2.45) is 4.99 Å². The molecule has 1 fully saturated rings. The molecule has 140 valence electrons. The molecule has 26 heavy (non-hydrogen) atoms. The number of guanidine groups is 1. The van der Waals surface area contributed by atoms with Crippen molar-refractivity contribution in [2.45, 2.75) is 51.5 Å². The molecule has 0 radical (unpaired) electrons. The molecule has 0 spiro atoms. The molecule has 1 aliphatic carbocycles. The fourth-order valence-corrected chi connectivity index (χ4v) is 3.83. The zero-order valence-electron chi connectivity index (χ0n) is 15.4. The summed E-state index contributed by atoms with van der Waals surface area (Å²) in [5.74, 6) is 1.95. The highest BCUT2D eigenvalue weighted by Crippen LogP contribution is 2.40.